The van der Waals surface area contributed by atoms with Gasteiger partial charge in [0.25, 0.3) is 0 Å². The van der Waals surface area contributed by atoms with Gasteiger partial charge in [0.15, 0.2) is 0 Å². The number of benzene rings is 1. The van der Waals surface area contributed by atoms with Crippen LogP contribution >= 0.6 is 0 Å². The van der Waals surface area contributed by atoms with Crippen LogP contribution in [0.25, 0.3) is 0 Å². The maximum atomic E-state index is 4.48. The van der Waals surface area contributed by atoms with Crippen molar-refractivity contribution in [1.29, 1.82) is 0 Å². The third-order valence-electron chi connectivity index (χ3n) is 1.61. The molecule has 10 heavy (non-hydrogen) atoms. The third kappa shape index (κ3) is 0.886. The Morgan fingerprint density at radius 2 is 2.20 bits per heavy atom. The van der Waals surface area contributed by atoms with E-state index < -0.39 is 0 Å². The van der Waals surface area contributed by atoms with E-state index in [4.69, 9.17) is 0 Å². The minimum atomic E-state index is 0.256. The largest absolute Gasteiger partial charge is 0.228 e. The molecule has 0 aromatic heterocycles. The molecule has 2 heteroatoms. The second-order valence-corrected chi connectivity index (χ2v) is 4.14. The molecule has 0 fully saturated rings. The molecule has 0 N–H and O–H groups in total. The van der Waals surface area contributed by atoms with Gasteiger partial charge in [-0.1, -0.05) is 28.9 Å². The van der Waals surface area contributed by atoms with Crippen LogP contribution in [0.2, 0.25) is 0 Å². The average Bonchev–Trinajstić information content (AvgIpc) is 2.27. The van der Waals surface area contributed by atoms with E-state index >= 15 is 0 Å². The van der Waals surface area contributed by atoms with Gasteiger partial charge in [-0.3, -0.25) is 0 Å². The lowest BCUT2D eigenvalue weighted by molar-refractivity contribution is 1.43. The number of hydrogen-bond donors (Lipinski definition) is 0. The second-order valence-electron chi connectivity index (χ2n) is 2.46. The maximum Gasteiger partial charge on any atom is 0.0743 e. The molecule has 1 aliphatic heterocycles. The quantitative estimate of drug-likeness (QED) is 0.539. The van der Waals surface area contributed by atoms with E-state index in [-0.39, 0.29) is 10.7 Å². The normalized spacial score (nSPS) is 21.9. The van der Waals surface area contributed by atoms with E-state index in [1.165, 1.54) is 11.3 Å². The Bertz CT molecular complexity index is 291. The monoisotopic (exact) mass is 151 g/mol. The van der Waals surface area contributed by atoms with Crippen LogP contribution < -0.4 is 0 Å². The van der Waals surface area contributed by atoms with Crippen molar-refractivity contribution in [3.05, 3.63) is 29.8 Å². The fourth-order valence-corrected chi connectivity index (χ4v) is 2.42. The minimum absolute atomic E-state index is 0.256. The van der Waals surface area contributed by atoms with Crippen molar-refractivity contribution in [1.82, 2.24) is 0 Å². The molecule has 1 heterocycles. The van der Waals surface area contributed by atoms with Crippen molar-refractivity contribution in [2.24, 2.45) is 4.36 Å². The Morgan fingerprint density at radius 1 is 1.40 bits per heavy atom. The van der Waals surface area contributed by atoms with Crippen molar-refractivity contribution < 1.29 is 0 Å². The topological polar surface area (TPSA) is 12.4 Å². The molecule has 0 saturated heterocycles. The molecule has 52 valence electrons. The van der Waals surface area contributed by atoms with Gasteiger partial charge in [0.2, 0.25) is 0 Å². The molecule has 0 bridgehead atoms. The molecule has 0 spiro atoms. The Balaban J connectivity index is 2.54. The van der Waals surface area contributed by atoms with Gasteiger partial charge in [0.05, 0.1) is 5.69 Å². The number of rotatable bonds is 0. The zero-order valence-corrected chi connectivity index (χ0v) is 6.69. The Kier molecular flexibility index (Phi) is 1.34. The van der Waals surface area contributed by atoms with Crippen LogP contribution in [0.1, 0.15) is 5.56 Å². The summed E-state index contributed by atoms with van der Waals surface area (Å²) in [6.07, 6.45) is 2.18. The molecule has 1 nitrogen and oxygen atoms in total. The summed E-state index contributed by atoms with van der Waals surface area (Å²) in [6.45, 7) is 0. The second kappa shape index (κ2) is 2.20. The van der Waals surface area contributed by atoms with Gasteiger partial charge in [0.1, 0.15) is 0 Å². The highest BCUT2D eigenvalue weighted by Crippen LogP contribution is 2.26. The smallest absolute Gasteiger partial charge is 0.0743 e. The standard InChI is InChI=1S/C8H9NS/c1-10-6-7-4-2-3-5-8(7)9-10/h2-5H,6H2,1H3. The molecule has 1 unspecified atom stereocenters. The van der Waals surface area contributed by atoms with Gasteiger partial charge >= 0.3 is 0 Å². The lowest BCUT2D eigenvalue weighted by Gasteiger charge is -1.91. The van der Waals surface area contributed by atoms with Gasteiger partial charge in [-0.15, -0.1) is 0 Å². The fraction of sp³-hybridized carbons (Fsp3) is 0.250. The van der Waals surface area contributed by atoms with Crippen molar-refractivity contribution >= 4 is 16.4 Å². The van der Waals surface area contributed by atoms with Gasteiger partial charge in [-0.25, -0.2) is 4.36 Å². The lowest BCUT2D eigenvalue weighted by Crippen LogP contribution is -1.82. The third-order valence-corrected chi connectivity index (χ3v) is 2.85. The molecule has 1 aromatic carbocycles. The first kappa shape index (κ1) is 6.10. The molecule has 2 rings (SSSR count). The van der Waals surface area contributed by atoms with Crippen LogP contribution in [0.15, 0.2) is 28.6 Å². The number of nitrogens with zero attached hydrogens (tertiary/aromatic N) is 1. The predicted molar refractivity (Wildman–Crippen MR) is 45.5 cm³/mol. The summed E-state index contributed by atoms with van der Waals surface area (Å²) in [7, 11) is 0.256. The fourth-order valence-electron chi connectivity index (χ4n) is 1.15. The zero-order chi connectivity index (χ0) is 6.97. The first-order valence-electron chi connectivity index (χ1n) is 3.28. The first-order valence-corrected chi connectivity index (χ1v) is 5.04. The summed E-state index contributed by atoms with van der Waals surface area (Å²) in [4.78, 5) is 0. The number of hydrogen-bond acceptors (Lipinski definition) is 1. The van der Waals surface area contributed by atoms with Gasteiger partial charge in [-0.05, 0) is 17.9 Å². The summed E-state index contributed by atoms with van der Waals surface area (Å²) in [5.74, 6) is 1.15. The highest BCUT2D eigenvalue weighted by Gasteiger charge is 2.07. The Hall–Kier alpha value is -0.630. The molecular formula is C8H9NS. The summed E-state index contributed by atoms with van der Waals surface area (Å²) >= 11 is 0. The molecule has 0 saturated carbocycles. The minimum Gasteiger partial charge on any atom is -0.228 e. The van der Waals surface area contributed by atoms with E-state index in [0.29, 0.717) is 0 Å². The summed E-state index contributed by atoms with van der Waals surface area (Å²) < 4.78 is 4.48. The van der Waals surface area contributed by atoms with Crippen LogP contribution in [0.5, 0.6) is 0 Å². The van der Waals surface area contributed by atoms with Crippen molar-refractivity contribution in [3.8, 4) is 0 Å². The van der Waals surface area contributed by atoms with Crippen LogP contribution in [0.4, 0.5) is 5.69 Å². The highest BCUT2D eigenvalue weighted by molar-refractivity contribution is 7.86. The van der Waals surface area contributed by atoms with Gasteiger partial charge < -0.3 is 0 Å². The van der Waals surface area contributed by atoms with E-state index in [9.17, 15) is 0 Å². The van der Waals surface area contributed by atoms with Gasteiger partial charge in [0, 0.05) is 5.75 Å². The molecule has 0 aliphatic carbocycles. The molecule has 0 amide bonds. The van der Waals surface area contributed by atoms with Crippen molar-refractivity contribution in [2.45, 2.75) is 5.75 Å². The van der Waals surface area contributed by atoms with Crippen LogP contribution in [-0.4, -0.2) is 6.26 Å². The predicted octanol–water partition coefficient (Wildman–Crippen LogP) is 2.26. The van der Waals surface area contributed by atoms with E-state index in [1.54, 1.807) is 0 Å². The van der Waals surface area contributed by atoms with Gasteiger partial charge in [-0.2, -0.15) is 0 Å². The summed E-state index contributed by atoms with van der Waals surface area (Å²) in [5.41, 5.74) is 2.61. The SMILES string of the molecule is CS1=Nc2ccccc2C1. The van der Waals surface area contributed by atoms with E-state index in [0.717, 1.165) is 5.75 Å². The Labute approximate surface area is 63.2 Å². The number of fused-ring (bicyclic) bond motifs is 1. The molecule has 1 atom stereocenters. The van der Waals surface area contributed by atoms with Crippen LogP contribution in [0, 0.1) is 0 Å². The average molecular weight is 151 g/mol. The van der Waals surface area contributed by atoms with Crippen molar-refractivity contribution in [3.63, 3.8) is 0 Å². The highest BCUT2D eigenvalue weighted by atomic mass is 32.2. The first-order chi connectivity index (χ1) is 4.86. The molecule has 0 radical (unpaired) electrons. The summed E-state index contributed by atoms with van der Waals surface area (Å²) in [6, 6.07) is 8.38. The molecule has 1 aromatic rings. The van der Waals surface area contributed by atoms with Crippen LogP contribution in [-0.2, 0) is 16.4 Å². The van der Waals surface area contributed by atoms with Crippen LogP contribution in [0.3, 0.4) is 0 Å². The van der Waals surface area contributed by atoms with E-state index in [2.05, 4.69) is 28.8 Å². The Morgan fingerprint density at radius 3 is 3.00 bits per heavy atom. The molecule has 1 aliphatic rings. The zero-order valence-electron chi connectivity index (χ0n) is 5.87. The maximum absolute atomic E-state index is 4.48. The lowest BCUT2D eigenvalue weighted by atomic mass is 10.2. The van der Waals surface area contributed by atoms with Crippen molar-refractivity contribution in [2.75, 3.05) is 6.26 Å². The van der Waals surface area contributed by atoms with E-state index in [1.807, 2.05) is 6.07 Å². The summed E-state index contributed by atoms with van der Waals surface area (Å²) in [5, 5.41) is 0. The molecular weight excluding hydrogens is 142 g/mol.